The Hall–Kier alpha value is -1.59. The summed E-state index contributed by atoms with van der Waals surface area (Å²) in [6.07, 6.45) is 5.59. The standard InChI is InChI=1S/C16H20N4S/c1-2-4-14-18-15(20-17)10-16(19-14)21-13-8-7-11-5-3-6-12(11)9-13/h7-10H,2-6,17H2,1H3,(H,18,19,20). The number of hydrogen-bond acceptors (Lipinski definition) is 5. The normalized spacial score (nSPS) is 13.2. The molecule has 0 atom stereocenters. The van der Waals surface area contributed by atoms with Crippen molar-refractivity contribution in [1.29, 1.82) is 0 Å². The molecule has 0 saturated carbocycles. The Balaban J connectivity index is 1.85. The van der Waals surface area contributed by atoms with Crippen LogP contribution < -0.4 is 11.3 Å². The summed E-state index contributed by atoms with van der Waals surface area (Å²) in [5.74, 6) is 7.02. The summed E-state index contributed by atoms with van der Waals surface area (Å²) in [4.78, 5) is 10.2. The van der Waals surface area contributed by atoms with E-state index in [1.54, 1.807) is 11.8 Å². The number of aryl methyl sites for hydroxylation is 3. The highest BCUT2D eigenvalue weighted by Gasteiger charge is 2.12. The number of nitrogens with two attached hydrogens (primary N) is 1. The van der Waals surface area contributed by atoms with Crippen molar-refractivity contribution in [1.82, 2.24) is 9.97 Å². The van der Waals surface area contributed by atoms with E-state index >= 15 is 0 Å². The number of hydrazine groups is 1. The number of hydrogen-bond donors (Lipinski definition) is 2. The van der Waals surface area contributed by atoms with Gasteiger partial charge in [-0.2, -0.15) is 0 Å². The van der Waals surface area contributed by atoms with Crippen LogP contribution >= 0.6 is 11.8 Å². The van der Waals surface area contributed by atoms with Gasteiger partial charge in [-0.1, -0.05) is 24.8 Å². The van der Waals surface area contributed by atoms with Crippen molar-refractivity contribution in [3.05, 3.63) is 41.2 Å². The molecule has 3 N–H and O–H groups in total. The number of nitrogens with one attached hydrogen (secondary N) is 1. The van der Waals surface area contributed by atoms with Crippen LogP contribution in [0, 0.1) is 0 Å². The van der Waals surface area contributed by atoms with E-state index in [1.807, 2.05) is 6.07 Å². The van der Waals surface area contributed by atoms with Gasteiger partial charge in [-0.05, 0) is 48.9 Å². The van der Waals surface area contributed by atoms with Crippen molar-refractivity contribution >= 4 is 17.6 Å². The van der Waals surface area contributed by atoms with E-state index < -0.39 is 0 Å². The maximum absolute atomic E-state index is 5.50. The third-order valence-corrected chi connectivity index (χ3v) is 4.57. The Morgan fingerprint density at radius 2 is 2.05 bits per heavy atom. The molecule has 1 aliphatic rings. The topological polar surface area (TPSA) is 63.8 Å². The highest BCUT2D eigenvalue weighted by molar-refractivity contribution is 7.99. The van der Waals surface area contributed by atoms with E-state index in [0.29, 0.717) is 5.82 Å². The third kappa shape index (κ3) is 3.36. The van der Waals surface area contributed by atoms with Crippen molar-refractivity contribution in [3.8, 4) is 0 Å². The Labute approximate surface area is 129 Å². The van der Waals surface area contributed by atoms with Gasteiger partial charge in [0, 0.05) is 17.4 Å². The zero-order valence-corrected chi connectivity index (χ0v) is 13.0. The van der Waals surface area contributed by atoms with Crippen molar-refractivity contribution < 1.29 is 0 Å². The molecule has 4 nitrogen and oxygen atoms in total. The number of nitrogen functional groups attached to an aromatic ring is 1. The van der Waals surface area contributed by atoms with Gasteiger partial charge in [0.2, 0.25) is 0 Å². The van der Waals surface area contributed by atoms with Crippen LogP contribution in [0.15, 0.2) is 34.2 Å². The highest BCUT2D eigenvalue weighted by Crippen LogP contribution is 2.31. The lowest BCUT2D eigenvalue weighted by molar-refractivity contribution is 0.810. The van der Waals surface area contributed by atoms with Gasteiger partial charge in [0.1, 0.15) is 16.7 Å². The van der Waals surface area contributed by atoms with Crippen LogP contribution in [0.4, 0.5) is 5.82 Å². The van der Waals surface area contributed by atoms with Crippen LogP contribution in [0.3, 0.4) is 0 Å². The van der Waals surface area contributed by atoms with Gasteiger partial charge in [-0.15, -0.1) is 0 Å². The van der Waals surface area contributed by atoms with Gasteiger partial charge in [0.25, 0.3) is 0 Å². The second kappa shape index (κ2) is 6.45. The zero-order chi connectivity index (χ0) is 14.7. The van der Waals surface area contributed by atoms with E-state index in [1.165, 1.54) is 35.3 Å². The highest BCUT2D eigenvalue weighted by atomic mass is 32.2. The van der Waals surface area contributed by atoms with E-state index in [-0.39, 0.29) is 0 Å². The average molecular weight is 300 g/mol. The van der Waals surface area contributed by atoms with Crippen LogP contribution in [0.2, 0.25) is 0 Å². The first-order valence-electron chi connectivity index (χ1n) is 7.42. The van der Waals surface area contributed by atoms with Crippen molar-refractivity contribution in [2.24, 2.45) is 5.84 Å². The molecule has 1 aliphatic carbocycles. The monoisotopic (exact) mass is 300 g/mol. The molecule has 0 unspecified atom stereocenters. The lowest BCUT2D eigenvalue weighted by atomic mass is 10.1. The van der Waals surface area contributed by atoms with E-state index in [4.69, 9.17) is 5.84 Å². The molecule has 0 saturated heterocycles. The predicted molar refractivity (Wildman–Crippen MR) is 86.4 cm³/mol. The van der Waals surface area contributed by atoms with E-state index in [0.717, 1.165) is 23.7 Å². The van der Waals surface area contributed by atoms with E-state index in [9.17, 15) is 0 Å². The molecule has 0 spiro atoms. The van der Waals surface area contributed by atoms with Gasteiger partial charge in [0.05, 0.1) is 0 Å². The molecular formula is C16H20N4S. The smallest absolute Gasteiger partial charge is 0.144 e. The maximum Gasteiger partial charge on any atom is 0.144 e. The van der Waals surface area contributed by atoms with Crippen LogP contribution in [0.25, 0.3) is 0 Å². The molecule has 0 aliphatic heterocycles. The third-order valence-electron chi connectivity index (χ3n) is 3.66. The van der Waals surface area contributed by atoms with Crippen LogP contribution in [-0.4, -0.2) is 9.97 Å². The fourth-order valence-corrected chi connectivity index (χ4v) is 3.57. The van der Waals surface area contributed by atoms with Gasteiger partial charge in [-0.25, -0.2) is 15.8 Å². The Morgan fingerprint density at radius 3 is 2.86 bits per heavy atom. The fourth-order valence-electron chi connectivity index (χ4n) is 2.67. The maximum atomic E-state index is 5.50. The molecular weight excluding hydrogens is 280 g/mol. The molecule has 2 aromatic rings. The van der Waals surface area contributed by atoms with Gasteiger partial charge >= 0.3 is 0 Å². The number of benzene rings is 1. The number of anilines is 1. The Morgan fingerprint density at radius 1 is 1.19 bits per heavy atom. The van der Waals surface area contributed by atoms with Crippen molar-refractivity contribution in [2.45, 2.75) is 48.9 Å². The average Bonchev–Trinajstić information content (AvgIpc) is 2.95. The lowest BCUT2D eigenvalue weighted by Crippen LogP contribution is -2.10. The molecule has 0 radical (unpaired) electrons. The second-order valence-electron chi connectivity index (χ2n) is 5.29. The van der Waals surface area contributed by atoms with Gasteiger partial charge in [-0.3, -0.25) is 0 Å². The molecule has 0 bridgehead atoms. The molecule has 21 heavy (non-hydrogen) atoms. The van der Waals surface area contributed by atoms with Crippen molar-refractivity contribution in [2.75, 3.05) is 5.43 Å². The fraction of sp³-hybridized carbons (Fsp3) is 0.375. The molecule has 3 rings (SSSR count). The number of aromatic nitrogens is 2. The summed E-state index contributed by atoms with van der Waals surface area (Å²) in [7, 11) is 0. The minimum Gasteiger partial charge on any atom is -0.308 e. The second-order valence-corrected chi connectivity index (χ2v) is 6.38. The lowest BCUT2D eigenvalue weighted by Gasteiger charge is -2.08. The predicted octanol–water partition coefficient (Wildman–Crippen LogP) is 3.35. The van der Waals surface area contributed by atoms with Gasteiger partial charge < -0.3 is 5.43 Å². The largest absolute Gasteiger partial charge is 0.308 e. The summed E-state index contributed by atoms with van der Waals surface area (Å²) in [5, 5.41) is 0.944. The molecule has 1 aromatic carbocycles. The minimum absolute atomic E-state index is 0.678. The first kappa shape index (κ1) is 14.4. The Kier molecular flexibility index (Phi) is 4.41. The van der Waals surface area contributed by atoms with Crippen molar-refractivity contribution in [3.63, 3.8) is 0 Å². The molecule has 0 amide bonds. The number of nitrogens with zero attached hydrogens (tertiary/aromatic N) is 2. The first-order valence-corrected chi connectivity index (χ1v) is 8.24. The number of fused-ring (bicyclic) bond motifs is 1. The SMILES string of the molecule is CCCc1nc(NN)cc(Sc2ccc3c(c2)CCC3)n1. The number of rotatable bonds is 5. The van der Waals surface area contributed by atoms with E-state index in [2.05, 4.69) is 40.5 Å². The van der Waals surface area contributed by atoms with Crippen LogP contribution in [0.1, 0.15) is 36.7 Å². The summed E-state index contributed by atoms with van der Waals surface area (Å²) < 4.78 is 0. The van der Waals surface area contributed by atoms with Crippen LogP contribution in [-0.2, 0) is 19.3 Å². The summed E-state index contributed by atoms with van der Waals surface area (Å²) in [6, 6.07) is 8.63. The summed E-state index contributed by atoms with van der Waals surface area (Å²) in [6.45, 7) is 2.12. The molecule has 1 aromatic heterocycles. The summed E-state index contributed by atoms with van der Waals surface area (Å²) >= 11 is 1.68. The molecule has 110 valence electrons. The quantitative estimate of drug-likeness (QED) is 0.503. The zero-order valence-electron chi connectivity index (χ0n) is 12.2. The minimum atomic E-state index is 0.678. The van der Waals surface area contributed by atoms with Gasteiger partial charge in [0.15, 0.2) is 0 Å². The molecule has 1 heterocycles. The molecule has 5 heteroatoms. The first-order chi connectivity index (χ1) is 10.3. The summed E-state index contributed by atoms with van der Waals surface area (Å²) in [5.41, 5.74) is 5.61. The molecule has 0 fully saturated rings. The van der Waals surface area contributed by atoms with Crippen LogP contribution in [0.5, 0.6) is 0 Å². The Bertz CT molecular complexity index is 642.